The van der Waals surface area contributed by atoms with Crippen LogP contribution in [0, 0.1) is 5.41 Å². The molecule has 0 aromatic rings. The van der Waals surface area contributed by atoms with E-state index < -0.39 is 6.04 Å². The van der Waals surface area contributed by atoms with Crippen molar-refractivity contribution in [1.82, 2.24) is 10.6 Å². The first kappa shape index (κ1) is 25.3. The highest BCUT2D eigenvalue weighted by molar-refractivity contribution is 5.87. The van der Waals surface area contributed by atoms with Crippen LogP contribution < -0.4 is 10.6 Å². The fraction of sp³-hybridized carbons (Fsp3) is 0.810. The predicted octanol–water partition coefficient (Wildman–Crippen LogP) is 3.32. The van der Waals surface area contributed by atoms with Gasteiger partial charge < -0.3 is 10.6 Å². The summed E-state index contributed by atoms with van der Waals surface area (Å²) in [5.41, 5.74) is -0.305. The standard InChI is InChI=1S/C21H38N2O4/c1-6-16(24)12-10-11-15-19(26)23-17(20(27)22-5)13-8-7-9-14-18(25)21(2,3)4/h17H,6-15H2,1-5H3,(H,22,27)(H,23,26)/t17-/m0/s1. The van der Waals surface area contributed by atoms with Crippen LogP contribution in [-0.2, 0) is 19.2 Å². The first-order valence-electron chi connectivity index (χ1n) is 10.2. The minimum absolute atomic E-state index is 0.157. The predicted molar refractivity (Wildman–Crippen MR) is 107 cm³/mol. The molecule has 0 aliphatic heterocycles. The second-order valence-electron chi connectivity index (χ2n) is 8.11. The number of rotatable bonds is 14. The molecule has 0 aliphatic rings. The van der Waals surface area contributed by atoms with Crippen LogP contribution >= 0.6 is 0 Å². The molecule has 2 amide bonds. The molecule has 27 heavy (non-hydrogen) atoms. The third-order valence-corrected chi connectivity index (χ3v) is 4.64. The van der Waals surface area contributed by atoms with Crippen molar-refractivity contribution in [3.05, 3.63) is 0 Å². The first-order chi connectivity index (χ1) is 12.6. The minimum atomic E-state index is -0.543. The molecule has 0 spiro atoms. The maximum absolute atomic E-state index is 12.1. The maximum Gasteiger partial charge on any atom is 0.242 e. The lowest BCUT2D eigenvalue weighted by atomic mass is 9.87. The third-order valence-electron chi connectivity index (χ3n) is 4.64. The van der Waals surface area contributed by atoms with E-state index in [9.17, 15) is 19.2 Å². The van der Waals surface area contributed by atoms with E-state index in [1.807, 2.05) is 27.7 Å². The van der Waals surface area contributed by atoms with Gasteiger partial charge in [-0.05, 0) is 25.7 Å². The van der Waals surface area contributed by atoms with Crippen molar-refractivity contribution in [3.63, 3.8) is 0 Å². The van der Waals surface area contributed by atoms with Crippen molar-refractivity contribution in [2.75, 3.05) is 7.05 Å². The van der Waals surface area contributed by atoms with Crippen LogP contribution in [0.2, 0.25) is 0 Å². The number of carbonyl (C=O) groups is 4. The average Bonchev–Trinajstić information content (AvgIpc) is 2.61. The molecule has 6 nitrogen and oxygen atoms in total. The molecule has 2 N–H and O–H groups in total. The van der Waals surface area contributed by atoms with Gasteiger partial charge in [-0.1, -0.05) is 40.5 Å². The summed E-state index contributed by atoms with van der Waals surface area (Å²) in [7, 11) is 1.56. The van der Waals surface area contributed by atoms with Gasteiger partial charge in [0.05, 0.1) is 0 Å². The number of hydrogen-bond donors (Lipinski definition) is 2. The van der Waals surface area contributed by atoms with E-state index in [-0.39, 0.29) is 28.8 Å². The second-order valence-corrected chi connectivity index (χ2v) is 8.11. The van der Waals surface area contributed by atoms with E-state index in [1.165, 1.54) is 0 Å². The molecule has 0 heterocycles. The van der Waals surface area contributed by atoms with Crippen molar-refractivity contribution in [1.29, 1.82) is 0 Å². The van der Waals surface area contributed by atoms with E-state index >= 15 is 0 Å². The van der Waals surface area contributed by atoms with Gasteiger partial charge in [0.25, 0.3) is 0 Å². The molecule has 0 saturated carbocycles. The SMILES string of the molecule is CCC(=O)CCCCC(=O)N[C@@H](CCCCCC(=O)C(C)(C)C)C(=O)NC. The zero-order valence-corrected chi connectivity index (χ0v) is 17.8. The highest BCUT2D eigenvalue weighted by Gasteiger charge is 2.21. The molecule has 0 fully saturated rings. The number of likely N-dealkylation sites (N-methyl/N-ethyl adjacent to an activating group) is 1. The summed E-state index contributed by atoms with van der Waals surface area (Å²) in [5.74, 6) is 0.106. The number of Topliss-reactive ketones (excluding diaryl/α,β-unsaturated/α-hetero) is 2. The molecule has 1 atom stereocenters. The number of hydrogen-bond acceptors (Lipinski definition) is 4. The van der Waals surface area contributed by atoms with E-state index in [4.69, 9.17) is 0 Å². The molecule has 0 aromatic heterocycles. The lowest BCUT2D eigenvalue weighted by Crippen LogP contribution is -2.45. The Kier molecular flexibility index (Phi) is 12.6. The Morgan fingerprint density at radius 1 is 0.852 bits per heavy atom. The Balaban J connectivity index is 4.17. The normalized spacial score (nSPS) is 12.3. The lowest BCUT2D eigenvalue weighted by molar-refractivity contribution is -0.129. The number of ketones is 2. The summed E-state index contributed by atoms with van der Waals surface area (Å²) in [6, 6.07) is -0.543. The molecular weight excluding hydrogens is 344 g/mol. The first-order valence-corrected chi connectivity index (χ1v) is 10.2. The Bertz CT molecular complexity index is 495. The summed E-state index contributed by atoms with van der Waals surface area (Å²) in [5, 5.41) is 5.38. The van der Waals surface area contributed by atoms with E-state index in [0.29, 0.717) is 44.9 Å². The molecule has 0 bridgehead atoms. The van der Waals surface area contributed by atoms with Gasteiger partial charge in [-0.2, -0.15) is 0 Å². The summed E-state index contributed by atoms with van der Waals surface area (Å²) in [4.78, 5) is 47.2. The van der Waals surface area contributed by atoms with Crippen LogP contribution in [0.25, 0.3) is 0 Å². The van der Waals surface area contributed by atoms with Gasteiger partial charge in [0, 0.05) is 38.1 Å². The van der Waals surface area contributed by atoms with Gasteiger partial charge in [-0.15, -0.1) is 0 Å². The van der Waals surface area contributed by atoms with Gasteiger partial charge in [0.2, 0.25) is 11.8 Å². The zero-order valence-electron chi connectivity index (χ0n) is 17.8. The van der Waals surface area contributed by atoms with Crippen molar-refractivity contribution in [2.45, 2.75) is 97.9 Å². The molecular formula is C21H38N2O4. The molecule has 0 rings (SSSR count). The number of unbranched alkanes of at least 4 members (excludes halogenated alkanes) is 3. The van der Waals surface area contributed by atoms with E-state index in [0.717, 1.165) is 19.3 Å². The van der Waals surface area contributed by atoms with Crippen molar-refractivity contribution >= 4 is 23.4 Å². The molecule has 156 valence electrons. The Labute approximate surface area is 164 Å². The zero-order chi connectivity index (χ0) is 20.9. The summed E-state index contributed by atoms with van der Waals surface area (Å²) < 4.78 is 0. The van der Waals surface area contributed by atoms with Crippen LogP contribution in [0.4, 0.5) is 0 Å². The second kappa shape index (κ2) is 13.4. The van der Waals surface area contributed by atoms with Gasteiger partial charge >= 0.3 is 0 Å². The topological polar surface area (TPSA) is 92.3 Å². The van der Waals surface area contributed by atoms with E-state index in [2.05, 4.69) is 10.6 Å². The van der Waals surface area contributed by atoms with Crippen LogP contribution in [0.5, 0.6) is 0 Å². The lowest BCUT2D eigenvalue weighted by Gasteiger charge is -2.18. The van der Waals surface area contributed by atoms with Gasteiger partial charge in [-0.25, -0.2) is 0 Å². The Morgan fingerprint density at radius 3 is 2.00 bits per heavy atom. The number of amides is 2. The average molecular weight is 383 g/mol. The van der Waals surface area contributed by atoms with Crippen LogP contribution in [0.3, 0.4) is 0 Å². The fourth-order valence-corrected chi connectivity index (χ4v) is 2.68. The molecule has 6 heteroatoms. The van der Waals surface area contributed by atoms with Gasteiger partial charge in [0.1, 0.15) is 17.6 Å². The largest absolute Gasteiger partial charge is 0.357 e. The van der Waals surface area contributed by atoms with Crippen LogP contribution in [0.1, 0.15) is 91.9 Å². The molecule has 0 radical (unpaired) electrons. The highest BCUT2D eigenvalue weighted by atomic mass is 16.2. The number of carbonyl (C=O) groups excluding carboxylic acids is 4. The Hall–Kier alpha value is -1.72. The van der Waals surface area contributed by atoms with Crippen LogP contribution in [-0.4, -0.2) is 36.5 Å². The molecule has 0 saturated heterocycles. The molecule has 0 aromatic carbocycles. The molecule has 0 unspecified atom stereocenters. The van der Waals surface area contributed by atoms with Crippen molar-refractivity contribution < 1.29 is 19.2 Å². The van der Waals surface area contributed by atoms with Crippen LogP contribution in [0.15, 0.2) is 0 Å². The third kappa shape index (κ3) is 12.3. The van der Waals surface area contributed by atoms with Gasteiger partial charge in [-0.3, -0.25) is 19.2 Å². The minimum Gasteiger partial charge on any atom is -0.357 e. The summed E-state index contributed by atoms with van der Waals surface area (Å²) in [6.07, 6.45) is 6.26. The monoisotopic (exact) mass is 382 g/mol. The fourth-order valence-electron chi connectivity index (χ4n) is 2.68. The Morgan fingerprint density at radius 2 is 1.44 bits per heavy atom. The highest BCUT2D eigenvalue weighted by Crippen LogP contribution is 2.19. The molecule has 0 aliphatic carbocycles. The van der Waals surface area contributed by atoms with E-state index in [1.54, 1.807) is 7.05 Å². The van der Waals surface area contributed by atoms with Crippen molar-refractivity contribution in [3.8, 4) is 0 Å². The number of nitrogens with one attached hydrogen (secondary N) is 2. The summed E-state index contributed by atoms with van der Waals surface area (Å²) in [6.45, 7) is 7.60. The smallest absolute Gasteiger partial charge is 0.242 e. The maximum atomic E-state index is 12.1. The van der Waals surface area contributed by atoms with Crippen molar-refractivity contribution in [2.24, 2.45) is 5.41 Å². The quantitative estimate of drug-likeness (QED) is 0.451. The summed E-state index contributed by atoms with van der Waals surface area (Å²) >= 11 is 0. The van der Waals surface area contributed by atoms with Gasteiger partial charge in [0.15, 0.2) is 0 Å².